The Morgan fingerprint density at radius 1 is 1.27 bits per heavy atom. The van der Waals surface area contributed by atoms with Crippen LogP contribution in [0.25, 0.3) is 0 Å². The van der Waals surface area contributed by atoms with Crippen LogP contribution < -0.4 is 0 Å². The summed E-state index contributed by atoms with van der Waals surface area (Å²) in [6.45, 7) is 18.3. The highest BCUT2D eigenvalue weighted by Gasteiger charge is 2.45. The van der Waals surface area contributed by atoms with E-state index in [-0.39, 0.29) is 22.5 Å². The van der Waals surface area contributed by atoms with E-state index < -0.39 is 8.32 Å². The molecule has 1 saturated carbocycles. The molecule has 168 valence electrons. The van der Waals surface area contributed by atoms with E-state index in [0.29, 0.717) is 18.1 Å². The Kier molecular flexibility index (Phi) is 6.82. The second-order valence-corrected chi connectivity index (χ2v) is 17.1. The van der Waals surface area contributed by atoms with Crippen LogP contribution in [0.1, 0.15) is 107 Å². The first-order valence-electron chi connectivity index (χ1n) is 11.3. The minimum atomic E-state index is -1.98. The highest BCUT2D eigenvalue weighted by Crippen LogP contribution is 2.50. The van der Waals surface area contributed by atoms with Crippen LogP contribution in [0.4, 0.5) is 0 Å². The summed E-state index contributed by atoms with van der Waals surface area (Å²) in [5.74, 6) is 0.156. The van der Waals surface area contributed by atoms with Gasteiger partial charge in [0.2, 0.25) is 0 Å². The van der Waals surface area contributed by atoms with Gasteiger partial charge in [0.15, 0.2) is 8.32 Å². The van der Waals surface area contributed by atoms with E-state index in [0.717, 1.165) is 46.2 Å². The van der Waals surface area contributed by atoms with E-state index in [4.69, 9.17) is 14.1 Å². The lowest BCUT2D eigenvalue weighted by Gasteiger charge is -2.44. The number of carbonyl (C=O) groups is 1. The number of pyridine rings is 1. The van der Waals surface area contributed by atoms with Crippen LogP contribution in [0, 0.1) is 8.99 Å². The van der Waals surface area contributed by atoms with Gasteiger partial charge in [-0.15, -0.1) is 0 Å². The third-order valence-electron chi connectivity index (χ3n) is 7.20. The number of hydrogen-bond acceptors (Lipinski definition) is 4. The maximum Gasteiger partial charge on any atom is 0.341 e. The lowest BCUT2D eigenvalue weighted by atomic mass is 9.73. The molecule has 1 heterocycles. The first-order chi connectivity index (χ1) is 13.8. The largest absolute Gasteiger partial charge is 0.462 e. The summed E-state index contributed by atoms with van der Waals surface area (Å²) in [6.07, 6.45) is 5.30. The Labute approximate surface area is 197 Å². The first kappa shape index (κ1) is 24.2. The number of esters is 1. The molecule has 2 aliphatic carbocycles. The zero-order valence-corrected chi connectivity index (χ0v) is 23.1. The van der Waals surface area contributed by atoms with Crippen molar-refractivity contribution in [2.24, 2.45) is 5.41 Å². The molecule has 0 saturated heterocycles. The van der Waals surface area contributed by atoms with Gasteiger partial charge < -0.3 is 9.16 Å². The Morgan fingerprint density at radius 2 is 1.90 bits per heavy atom. The topological polar surface area (TPSA) is 48.4 Å². The predicted octanol–water partition coefficient (Wildman–Crippen LogP) is 7.17. The number of halogens is 1. The summed E-state index contributed by atoms with van der Waals surface area (Å²) in [6, 6.07) is 0. The minimum Gasteiger partial charge on any atom is -0.462 e. The molecule has 1 aromatic rings. The number of rotatable bonds is 5. The highest BCUT2D eigenvalue weighted by atomic mass is 127. The zero-order valence-electron chi connectivity index (χ0n) is 19.9. The third kappa shape index (κ3) is 4.65. The average molecular weight is 544 g/mol. The smallest absolute Gasteiger partial charge is 0.341 e. The number of aromatic nitrogens is 1. The van der Waals surface area contributed by atoms with E-state index in [2.05, 4.69) is 70.3 Å². The van der Waals surface area contributed by atoms with Crippen molar-refractivity contribution in [1.82, 2.24) is 4.98 Å². The van der Waals surface area contributed by atoms with E-state index in [1.54, 1.807) is 0 Å². The van der Waals surface area contributed by atoms with E-state index >= 15 is 0 Å². The number of carbonyl (C=O) groups excluding carboxylic acids is 1. The van der Waals surface area contributed by atoms with Gasteiger partial charge in [0.05, 0.1) is 24.0 Å². The summed E-state index contributed by atoms with van der Waals surface area (Å²) >= 11 is 2.37. The van der Waals surface area contributed by atoms with Crippen LogP contribution in [0.3, 0.4) is 0 Å². The molecule has 3 rings (SSSR count). The summed E-state index contributed by atoms with van der Waals surface area (Å²) in [5, 5.41) is 0.128. The zero-order chi connectivity index (χ0) is 22.5. The SMILES string of the molecule is CCOC(=O)c1c(C2CCC2)nc2c(c1I)[C@@H](O[Si](C)(C)C(C)(C)C)CC(C)(C)C2. The Balaban J connectivity index is 2.15. The van der Waals surface area contributed by atoms with E-state index in [9.17, 15) is 4.79 Å². The van der Waals surface area contributed by atoms with Crippen LogP contribution >= 0.6 is 22.6 Å². The van der Waals surface area contributed by atoms with Crippen LogP contribution in [0.2, 0.25) is 18.1 Å². The van der Waals surface area contributed by atoms with Crippen molar-refractivity contribution in [3.05, 3.63) is 26.1 Å². The molecule has 0 N–H and O–H groups in total. The molecule has 30 heavy (non-hydrogen) atoms. The van der Waals surface area contributed by atoms with Crippen molar-refractivity contribution in [2.45, 2.75) is 104 Å². The van der Waals surface area contributed by atoms with Crippen LogP contribution in [0.15, 0.2) is 0 Å². The maximum absolute atomic E-state index is 13.0. The Bertz CT molecular complexity index is 825. The summed E-state index contributed by atoms with van der Waals surface area (Å²) < 4.78 is 13.4. The predicted molar refractivity (Wildman–Crippen MR) is 133 cm³/mol. The van der Waals surface area contributed by atoms with Gasteiger partial charge in [0.25, 0.3) is 0 Å². The molecular formula is C24H38INO3Si. The molecule has 2 aliphatic rings. The maximum atomic E-state index is 13.0. The van der Waals surface area contributed by atoms with Gasteiger partial charge in [-0.05, 0) is 78.7 Å². The Morgan fingerprint density at radius 3 is 2.40 bits per heavy atom. The van der Waals surface area contributed by atoms with Crippen LogP contribution in [-0.4, -0.2) is 25.9 Å². The molecule has 6 heteroatoms. The molecule has 4 nitrogen and oxygen atoms in total. The van der Waals surface area contributed by atoms with Crippen LogP contribution in [-0.2, 0) is 15.6 Å². The summed E-state index contributed by atoms with van der Waals surface area (Å²) in [4.78, 5) is 18.2. The van der Waals surface area contributed by atoms with Crippen molar-refractivity contribution in [3.8, 4) is 0 Å². The molecule has 1 fully saturated rings. The molecule has 0 unspecified atom stereocenters. The molecule has 0 amide bonds. The lowest BCUT2D eigenvalue weighted by Crippen LogP contribution is -2.44. The van der Waals surface area contributed by atoms with Crippen molar-refractivity contribution in [2.75, 3.05) is 6.61 Å². The van der Waals surface area contributed by atoms with Gasteiger partial charge in [-0.3, -0.25) is 4.98 Å². The molecule has 0 bridgehead atoms. The second-order valence-electron chi connectivity index (χ2n) is 11.3. The average Bonchev–Trinajstić information content (AvgIpc) is 2.50. The van der Waals surface area contributed by atoms with E-state index in [1.807, 2.05) is 6.92 Å². The monoisotopic (exact) mass is 543 g/mol. The van der Waals surface area contributed by atoms with Gasteiger partial charge in [0.1, 0.15) is 0 Å². The fourth-order valence-electron chi connectivity index (χ4n) is 4.23. The normalized spacial score (nSPS) is 21.7. The quantitative estimate of drug-likeness (QED) is 0.225. The number of hydrogen-bond donors (Lipinski definition) is 0. The van der Waals surface area contributed by atoms with Gasteiger partial charge in [-0.25, -0.2) is 4.79 Å². The second kappa shape index (κ2) is 8.47. The first-order valence-corrected chi connectivity index (χ1v) is 15.3. The van der Waals surface area contributed by atoms with Gasteiger partial charge in [0, 0.05) is 20.7 Å². The molecule has 0 aromatic carbocycles. The molecule has 1 aromatic heterocycles. The number of ether oxygens (including phenoxy) is 1. The molecule has 1 atom stereocenters. The molecule has 0 spiro atoms. The summed E-state index contributed by atoms with van der Waals surface area (Å²) in [7, 11) is -1.98. The molecule has 0 aliphatic heterocycles. The lowest BCUT2D eigenvalue weighted by molar-refractivity contribution is 0.0520. The van der Waals surface area contributed by atoms with Crippen molar-refractivity contribution < 1.29 is 14.0 Å². The molecular weight excluding hydrogens is 505 g/mol. The third-order valence-corrected chi connectivity index (χ3v) is 12.8. The minimum absolute atomic E-state index is 0.0207. The fraction of sp³-hybridized carbons (Fsp3) is 0.750. The van der Waals surface area contributed by atoms with E-state index in [1.165, 1.54) is 6.42 Å². The highest BCUT2D eigenvalue weighted by molar-refractivity contribution is 14.1. The fourth-order valence-corrected chi connectivity index (χ4v) is 6.66. The van der Waals surface area contributed by atoms with Gasteiger partial charge in [-0.2, -0.15) is 0 Å². The number of nitrogens with zero attached hydrogens (tertiary/aromatic N) is 1. The van der Waals surface area contributed by atoms with Crippen LogP contribution in [0.5, 0.6) is 0 Å². The van der Waals surface area contributed by atoms with Gasteiger partial charge in [-0.1, -0.05) is 41.0 Å². The molecule has 0 radical (unpaired) electrons. The standard InChI is InChI=1S/C24H38INO3Si/c1-9-28-22(27)19-20(25)18-16(26-21(19)15-11-10-12-15)13-24(5,6)14-17(18)29-30(7,8)23(2,3)4/h15,17H,9-14H2,1-8H3/t17-/m0/s1. The van der Waals surface area contributed by atoms with Crippen molar-refractivity contribution >= 4 is 36.9 Å². The van der Waals surface area contributed by atoms with Gasteiger partial charge >= 0.3 is 5.97 Å². The number of fused-ring (bicyclic) bond motifs is 1. The summed E-state index contributed by atoms with van der Waals surface area (Å²) in [5.41, 5.74) is 4.06. The van der Waals surface area contributed by atoms with Crippen molar-refractivity contribution in [1.29, 1.82) is 0 Å². The Hall–Kier alpha value is -0.473. The van der Waals surface area contributed by atoms with Crippen molar-refractivity contribution in [3.63, 3.8) is 0 Å².